The minimum atomic E-state index is -0.764. The van der Waals surface area contributed by atoms with Gasteiger partial charge in [0.05, 0.1) is 30.5 Å². The van der Waals surface area contributed by atoms with Crippen molar-refractivity contribution < 1.29 is 24.2 Å². The number of morpholine rings is 1. The number of rotatable bonds is 8. The molecule has 0 bridgehead atoms. The average Bonchev–Trinajstić information content (AvgIpc) is 3.49. The molecule has 1 amide bonds. The number of aryl methyl sites for hydroxylation is 2. The van der Waals surface area contributed by atoms with Crippen molar-refractivity contribution in [3.63, 3.8) is 0 Å². The first kappa shape index (κ1) is 27.7. The molecule has 9 heteroatoms. The van der Waals surface area contributed by atoms with Crippen molar-refractivity contribution >= 4 is 23.1 Å². The molecule has 0 radical (unpaired) electrons. The van der Waals surface area contributed by atoms with E-state index in [1.165, 1.54) is 0 Å². The minimum Gasteiger partial charge on any atom is -0.505 e. The summed E-state index contributed by atoms with van der Waals surface area (Å²) in [4.78, 5) is 35.5. The van der Waals surface area contributed by atoms with Crippen molar-refractivity contribution in [3.8, 4) is 5.75 Å². The maximum Gasteiger partial charge on any atom is 0.295 e. The van der Waals surface area contributed by atoms with E-state index in [1.807, 2.05) is 91.2 Å². The van der Waals surface area contributed by atoms with E-state index in [9.17, 15) is 14.7 Å². The largest absolute Gasteiger partial charge is 0.505 e. The van der Waals surface area contributed by atoms with Crippen LogP contribution in [0, 0.1) is 13.8 Å². The van der Waals surface area contributed by atoms with Gasteiger partial charge in [-0.15, -0.1) is 0 Å². The van der Waals surface area contributed by atoms with Gasteiger partial charge in [-0.3, -0.25) is 14.5 Å². The smallest absolute Gasteiger partial charge is 0.295 e. The zero-order chi connectivity index (χ0) is 29.2. The number of aromatic nitrogens is 2. The molecule has 0 saturated carbocycles. The van der Waals surface area contributed by atoms with Gasteiger partial charge in [0.25, 0.3) is 11.7 Å². The third kappa shape index (κ3) is 5.29. The highest BCUT2D eigenvalue weighted by atomic mass is 16.5. The maximum absolute atomic E-state index is 13.6. The summed E-state index contributed by atoms with van der Waals surface area (Å²) in [7, 11) is 0. The SMILES string of the molecule is Cc1cccn2c(C)c(/C(O)=C3\C(=O)C(=O)N(CCN4CCOCC4)C3c3ccc(OCc4ccccc4)cc3)nc12. The Bertz CT molecular complexity index is 1640. The Labute approximate surface area is 244 Å². The molecule has 0 spiro atoms. The van der Waals surface area contributed by atoms with Crippen molar-refractivity contribution in [2.45, 2.75) is 26.5 Å². The second-order valence-electron chi connectivity index (χ2n) is 10.7. The van der Waals surface area contributed by atoms with Crippen LogP contribution in [0.1, 0.15) is 34.1 Å². The maximum atomic E-state index is 13.6. The van der Waals surface area contributed by atoms with Gasteiger partial charge in [0.15, 0.2) is 5.76 Å². The number of hydrogen-bond donors (Lipinski definition) is 1. The van der Waals surface area contributed by atoms with E-state index in [0.717, 1.165) is 24.2 Å². The number of amides is 1. The van der Waals surface area contributed by atoms with Crippen LogP contribution >= 0.6 is 0 Å². The quantitative estimate of drug-likeness (QED) is 0.193. The summed E-state index contributed by atoms with van der Waals surface area (Å²) in [6.07, 6.45) is 1.87. The van der Waals surface area contributed by atoms with Crippen LogP contribution < -0.4 is 4.74 Å². The number of ether oxygens (including phenoxy) is 2. The topological polar surface area (TPSA) is 96.6 Å². The van der Waals surface area contributed by atoms with Gasteiger partial charge < -0.3 is 23.9 Å². The Kier molecular flexibility index (Phi) is 7.78. The van der Waals surface area contributed by atoms with Crippen LogP contribution in [0.2, 0.25) is 0 Å². The molecule has 1 unspecified atom stereocenters. The molecule has 0 aliphatic carbocycles. The number of benzene rings is 2. The fraction of sp³-hybridized carbons (Fsp3) is 0.303. The lowest BCUT2D eigenvalue weighted by Crippen LogP contribution is -2.42. The number of hydrogen-bond acceptors (Lipinski definition) is 7. The number of pyridine rings is 1. The molecule has 4 aromatic rings. The van der Waals surface area contributed by atoms with Gasteiger partial charge in [-0.05, 0) is 48.7 Å². The lowest BCUT2D eigenvalue weighted by atomic mass is 9.96. The second kappa shape index (κ2) is 11.8. The first-order valence-electron chi connectivity index (χ1n) is 14.2. The first-order chi connectivity index (χ1) is 20.4. The van der Waals surface area contributed by atoms with Crippen molar-refractivity contribution in [2.75, 3.05) is 39.4 Å². The van der Waals surface area contributed by atoms with Crippen LogP contribution in [-0.2, 0) is 20.9 Å². The third-order valence-corrected chi connectivity index (χ3v) is 8.05. The molecule has 9 nitrogen and oxygen atoms in total. The zero-order valence-electron chi connectivity index (χ0n) is 23.8. The van der Waals surface area contributed by atoms with E-state index in [0.29, 0.717) is 61.3 Å². The zero-order valence-corrected chi connectivity index (χ0v) is 23.8. The minimum absolute atomic E-state index is 0.0455. The second-order valence-corrected chi connectivity index (χ2v) is 10.7. The van der Waals surface area contributed by atoms with Crippen LogP contribution in [0.3, 0.4) is 0 Å². The van der Waals surface area contributed by atoms with Gasteiger partial charge in [0.2, 0.25) is 0 Å². The predicted molar refractivity (Wildman–Crippen MR) is 158 cm³/mol. The van der Waals surface area contributed by atoms with Crippen molar-refractivity contribution in [1.82, 2.24) is 19.2 Å². The Morgan fingerprint density at radius 2 is 1.71 bits per heavy atom. The van der Waals surface area contributed by atoms with Gasteiger partial charge in [-0.2, -0.15) is 0 Å². The normalized spacial score (nSPS) is 19.1. The van der Waals surface area contributed by atoms with Gasteiger partial charge in [0, 0.05) is 32.4 Å². The Morgan fingerprint density at radius 3 is 2.43 bits per heavy atom. The predicted octanol–water partition coefficient (Wildman–Crippen LogP) is 4.28. The fourth-order valence-corrected chi connectivity index (χ4v) is 5.69. The molecule has 1 atom stereocenters. The fourth-order valence-electron chi connectivity index (χ4n) is 5.69. The van der Waals surface area contributed by atoms with Gasteiger partial charge >= 0.3 is 0 Å². The van der Waals surface area contributed by atoms with E-state index in [4.69, 9.17) is 9.47 Å². The number of fused-ring (bicyclic) bond motifs is 1. The number of carbonyl (C=O) groups excluding carboxylic acids is 2. The first-order valence-corrected chi connectivity index (χ1v) is 14.2. The summed E-state index contributed by atoms with van der Waals surface area (Å²) in [6, 6.07) is 20.4. The number of aliphatic hydroxyl groups is 1. The summed E-state index contributed by atoms with van der Waals surface area (Å²) in [5, 5.41) is 11.7. The summed E-state index contributed by atoms with van der Waals surface area (Å²) in [5.74, 6) is -0.939. The molecular weight excluding hydrogens is 532 g/mol. The van der Waals surface area contributed by atoms with Crippen LogP contribution in [0.25, 0.3) is 11.4 Å². The lowest BCUT2D eigenvalue weighted by Gasteiger charge is -2.31. The number of imidazole rings is 1. The van der Waals surface area contributed by atoms with Crippen LogP contribution in [-0.4, -0.2) is 75.4 Å². The van der Waals surface area contributed by atoms with Crippen LogP contribution in [0.4, 0.5) is 0 Å². The van der Waals surface area contributed by atoms with Crippen molar-refractivity contribution in [2.24, 2.45) is 0 Å². The highest BCUT2D eigenvalue weighted by molar-refractivity contribution is 6.46. The number of likely N-dealkylation sites (tertiary alicyclic amines) is 1. The van der Waals surface area contributed by atoms with Crippen molar-refractivity contribution in [3.05, 3.63) is 107 Å². The van der Waals surface area contributed by atoms with Crippen LogP contribution in [0.5, 0.6) is 5.75 Å². The molecule has 2 aliphatic heterocycles. The Hall–Kier alpha value is -4.47. The number of nitrogens with zero attached hydrogens (tertiary/aromatic N) is 4. The highest BCUT2D eigenvalue weighted by Gasteiger charge is 2.46. The number of aliphatic hydroxyl groups excluding tert-OH is 1. The molecule has 2 saturated heterocycles. The molecule has 2 aromatic heterocycles. The molecule has 2 fully saturated rings. The van der Waals surface area contributed by atoms with Gasteiger partial charge in [0.1, 0.15) is 23.7 Å². The van der Waals surface area contributed by atoms with E-state index in [2.05, 4.69) is 9.88 Å². The molecule has 2 aliphatic rings. The van der Waals surface area contributed by atoms with E-state index in [1.54, 1.807) is 4.90 Å². The molecule has 2 aromatic carbocycles. The van der Waals surface area contributed by atoms with E-state index >= 15 is 0 Å². The summed E-state index contributed by atoms with van der Waals surface area (Å²) in [6.45, 7) is 7.95. The van der Waals surface area contributed by atoms with Crippen LogP contribution in [0.15, 0.2) is 78.5 Å². The van der Waals surface area contributed by atoms with E-state index in [-0.39, 0.29) is 11.3 Å². The third-order valence-electron chi connectivity index (χ3n) is 8.05. The summed E-state index contributed by atoms with van der Waals surface area (Å²) in [5.41, 5.74) is 4.42. The molecule has 216 valence electrons. The average molecular weight is 567 g/mol. The summed E-state index contributed by atoms with van der Waals surface area (Å²) < 4.78 is 13.3. The van der Waals surface area contributed by atoms with Gasteiger partial charge in [-0.1, -0.05) is 48.5 Å². The number of Topliss-reactive ketones (excluding diaryl/α,β-unsaturated/α-hetero) is 1. The highest BCUT2D eigenvalue weighted by Crippen LogP contribution is 2.40. The molecule has 6 rings (SSSR count). The monoisotopic (exact) mass is 566 g/mol. The molecule has 42 heavy (non-hydrogen) atoms. The molecular formula is C33H34N4O5. The standard InChI is InChI=1S/C33H34N4O5/c1-22-7-6-14-36-23(2)28(34-32(22)36)30(38)27-29(37(33(40)31(27)39)16-15-35-17-19-41-20-18-35)25-10-12-26(13-11-25)42-21-24-8-4-3-5-9-24/h3-14,29,38H,15-21H2,1-2H3/b30-27+. The molecule has 1 N–H and O–H groups in total. The van der Waals surface area contributed by atoms with E-state index < -0.39 is 17.7 Å². The Balaban J connectivity index is 1.36. The number of ketones is 1. The lowest BCUT2D eigenvalue weighted by molar-refractivity contribution is -0.140. The van der Waals surface area contributed by atoms with Gasteiger partial charge in [-0.25, -0.2) is 4.98 Å². The number of carbonyl (C=O) groups is 2. The molecule has 4 heterocycles. The summed E-state index contributed by atoms with van der Waals surface area (Å²) >= 11 is 0. The van der Waals surface area contributed by atoms with Crippen molar-refractivity contribution in [1.29, 1.82) is 0 Å². The Morgan fingerprint density at radius 1 is 0.976 bits per heavy atom.